The highest BCUT2D eigenvalue weighted by atomic mass is 35.5. The lowest BCUT2D eigenvalue weighted by Crippen LogP contribution is -2.38. The van der Waals surface area contributed by atoms with Crippen LogP contribution in [0.1, 0.15) is 24.4 Å². The third-order valence-corrected chi connectivity index (χ3v) is 4.71. The summed E-state index contributed by atoms with van der Waals surface area (Å²) in [6.07, 6.45) is 0.620. The largest absolute Gasteiger partial charge is 0.492 e. The van der Waals surface area contributed by atoms with E-state index in [2.05, 4.69) is 15.3 Å². The highest BCUT2D eigenvalue weighted by molar-refractivity contribution is 6.30. The van der Waals surface area contributed by atoms with Gasteiger partial charge in [-0.05, 0) is 49.2 Å². The summed E-state index contributed by atoms with van der Waals surface area (Å²) in [5, 5.41) is 3.68. The zero-order valence-electron chi connectivity index (χ0n) is 13.8. The summed E-state index contributed by atoms with van der Waals surface area (Å²) in [4.78, 5) is 20.4. The van der Waals surface area contributed by atoms with Gasteiger partial charge in [0, 0.05) is 5.02 Å². The van der Waals surface area contributed by atoms with Crippen molar-refractivity contribution in [3.05, 3.63) is 58.9 Å². The average molecular weight is 356 g/mol. The molecule has 2 heterocycles. The van der Waals surface area contributed by atoms with E-state index in [0.29, 0.717) is 18.1 Å². The number of fused-ring (bicyclic) bond motifs is 2. The molecule has 0 saturated carbocycles. The van der Waals surface area contributed by atoms with Crippen molar-refractivity contribution < 1.29 is 9.53 Å². The summed E-state index contributed by atoms with van der Waals surface area (Å²) in [5.41, 5.74) is 2.82. The van der Waals surface area contributed by atoms with Crippen molar-refractivity contribution in [1.29, 1.82) is 0 Å². The molecule has 2 aromatic carbocycles. The van der Waals surface area contributed by atoms with Gasteiger partial charge in [0.1, 0.15) is 18.2 Å². The molecule has 1 aromatic heterocycles. The predicted octanol–water partition coefficient (Wildman–Crippen LogP) is 3.64. The third-order valence-electron chi connectivity index (χ3n) is 4.48. The van der Waals surface area contributed by atoms with E-state index >= 15 is 0 Å². The number of ether oxygens (including phenoxy) is 1. The second kappa shape index (κ2) is 6.41. The number of benzene rings is 2. The van der Waals surface area contributed by atoms with Crippen LogP contribution in [0, 0.1) is 5.92 Å². The quantitative estimate of drug-likeness (QED) is 0.753. The Morgan fingerprint density at radius 1 is 1.36 bits per heavy atom. The van der Waals surface area contributed by atoms with Crippen LogP contribution in [-0.4, -0.2) is 22.5 Å². The monoisotopic (exact) mass is 355 g/mol. The summed E-state index contributed by atoms with van der Waals surface area (Å²) >= 11 is 6.04. The molecule has 0 unspecified atom stereocenters. The number of carbonyl (C=O) groups is 1. The third kappa shape index (κ3) is 3.20. The number of H-pyrrole nitrogens is 1. The molecule has 1 aliphatic rings. The Morgan fingerprint density at radius 2 is 2.20 bits per heavy atom. The maximum Gasteiger partial charge on any atom is 0.227 e. The zero-order chi connectivity index (χ0) is 17.4. The maximum absolute atomic E-state index is 12.6. The van der Waals surface area contributed by atoms with Gasteiger partial charge in [-0.25, -0.2) is 4.98 Å². The number of nitrogens with one attached hydrogen (secondary N) is 2. The lowest BCUT2D eigenvalue weighted by atomic mass is 9.96. The van der Waals surface area contributed by atoms with E-state index in [4.69, 9.17) is 16.3 Å². The number of nitrogens with zero attached hydrogens (tertiary/aromatic N) is 1. The normalized spacial score (nSPS) is 17.6. The van der Waals surface area contributed by atoms with Gasteiger partial charge in [0.25, 0.3) is 0 Å². The van der Waals surface area contributed by atoms with E-state index in [1.165, 1.54) is 0 Å². The smallest absolute Gasteiger partial charge is 0.227 e. The molecule has 0 spiro atoms. The second-order valence-electron chi connectivity index (χ2n) is 6.33. The molecule has 0 radical (unpaired) electrons. The van der Waals surface area contributed by atoms with Gasteiger partial charge in [-0.1, -0.05) is 23.7 Å². The molecule has 4 rings (SSSR count). The number of para-hydroxylation sites is 2. The molecule has 2 atom stereocenters. The molecule has 25 heavy (non-hydrogen) atoms. The Bertz CT molecular complexity index is 904. The van der Waals surface area contributed by atoms with Gasteiger partial charge in [-0.2, -0.15) is 0 Å². The fourth-order valence-corrected chi connectivity index (χ4v) is 3.30. The number of amides is 1. The summed E-state index contributed by atoms with van der Waals surface area (Å²) in [6.45, 7) is 2.29. The van der Waals surface area contributed by atoms with Gasteiger partial charge >= 0.3 is 0 Å². The van der Waals surface area contributed by atoms with Gasteiger partial charge in [0.05, 0.1) is 23.0 Å². The highest BCUT2D eigenvalue weighted by Crippen LogP contribution is 2.30. The lowest BCUT2D eigenvalue weighted by Gasteiger charge is -2.25. The van der Waals surface area contributed by atoms with Crippen LogP contribution in [0.3, 0.4) is 0 Å². The summed E-state index contributed by atoms with van der Waals surface area (Å²) in [5.74, 6) is 1.27. The summed E-state index contributed by atoms with van der Waals surface area (Å²) < 4.78 is 5.70. The molecule has 1 aliphatic heterocycles. The summed E-state index contributed by atoms with van der Waals surface area (Å²) in [6, 6.07) is 13.1. The Balaban J connectivity index is 1.46. The number of hydrogen-bond acceptors (Lipinski definition) is 3. The standard InChI is InChI=1S/C19H18ClN3O2/c1-11(18-22-15-4-2-3-5-16(15)23-18)21-19(24)13-8-12-9-14(20)6-7-17(12)25-10-13/h2-7,9,11,13H,8,10H2,1H3,(H,21,24)(H,22,23)/t11-,13+/m0/s1. The fourth-order valence-electron chi connectivity index (χ4n) is 3.11. The van der Waals surface area contributed by atoms with Crippen molar-refractivity contribution in [3.8, 4) is 5.75 Å². The topological polar surface area (TPSA) is 67.0 Å². The molecule has 2 N–H and O–H groups in total. The first kappa shape index (κ1) is 16.0. The fraction of sp³-hybridized carbons (Fsp3) is 0.263. The molecule has 5 nitrogen and oxygen atoms in total. The Labute approximate surface area is 150 Å². The van der Waals surface area contributed by atoms with Crippen LogP contribution < -0.4 is 10.1 Å². The number of hydrogen-bond donors (Lipinski definition) is 2. The molecule has 3 aromatic rings. The van der Waals surface area contributed by atoms with E-state index < -0.39 is 0 Å². The molecular weight excluding hydrogens is 338 g/mol. The van der Waals surface area contributed by atoms with Crippen LogP contribution in [-0.2, 0) is 11.2 Å². The predicted molar refractivity (Wildman–Crippen MR) is 96.8 cm³/mol. The second-order valence-corrected chi connectivity index (χ2v) is 6.77. The molecule has 6 heteroatoms. The van der Waals surface area contributed by atoms with E-state index in [1.54, 1.807) is 6.07 Å². The number of imidazole rings is 1. The van der Waals surface area contributed by atoms with Crippen LogP contribution in [0.4, 0.5) is 0 Å². The van der Waals surface area contributed by atoms with Crippen molar-refractivity contribution in [3.63, 3.8) is 0 Å². The zero-order valence-corrected chi connectivity index (χ0v) is 14.5. The SMILES string of the molecule is C[C@H](NC(=O)[C@H]1COc2ccc(Cl)cc2C1)c1nc2ccccc2[nH]1. The number of rotatable bonds is 3. The van der Waals surface area contributed by atoms with E-state index in [0.717, 1.165) is 28.2 Å². The molecular formula is C19H18ClN3O2. The van der Waals surface area contributed by atoms with Gasteiger partial charge in [0.15, 0.2) is 0 Å². The minimum Gasteiger partial charge on any atom is -0.492 e. The molecule has 1 amide bonds. The van der Waals surface area contributed by atoms with Crippen molar-refractivity contribution >= 4 is 28.5 Å². The molecule has 0 aliphatic carbocycles. The van der Waals surface area contributed by atoms with Crippen LogP contribution in [0.5, 0.6) is 5.75 Å². The maximum atomic E-state index is 12.6. The molecule has 128 valence electrons. The van der Waals surface area contributed by atoms with Crippen LogP contribution >= 0.6 is 11.6 Å². The summed E-state index contributed by atoms with van der Waals surface area (Å²) in [7, 11) is 0. The van der Waals surface area contributed by atoms with Gasteiger partial charge in [-0.15, -0.1) is 0 Å². The Hall–Kier alpha value is -2.53. The van der Waals surface area contributed by atoms with Gasteiger partial charge < -0.3 is 15.0 Å². The van der Waals surface area contributed by atoms with E-state index in [-0.39, 0.29) is 17.9 Å². The van der Waals surface area contributed by atoms with E-state index in [9.17, 15) is 4.79 Å². The highest BCUT2D eigenvalue weighted by Gasteiger charge is 2.27. The minimum atomic E-state index is -0.238. The van der Waals surface area contributed by atoms with Crippen molar-refractivity contribution in [1.82, 2.24) is 15.3 Å². The number of aromatic amines is 1. The first-order chi connectivity index (χ1) is 12.1. The van der Waals surface area contributed by atoms with Crippen molar-refractivity contribution in [2.45, 2.75) is 19.4 Å². The Kier molecular flexibility index (Phi) is 4.09. The average Bonchev–Trinajstić information content (AvgIpc) is 3.05. The minimum absolute atomic E-state index is 0.0430. The lowest BCUT2D eigenvalue weighted by molar-refractivity contribution is -0.127. The van der Waals surface area contributed by atoms with Gasteiger partial charge in [0.2, 0.25) is 5.91 Å². The number of carbonyl (C=O) groups excluding carboxylic acids is 1. The van der Waals surface area contributed by atoms with Crippen LogP contribution in [0.2, 0.25) is 5.02 Å². The molecule has 0 saturated heterocycles. The van der Waals surface area contributed by atoms with Crippen molar-refractivity contribution in [2.24, 2.45) is 5.92 Å². The first-order valence-corrected chi connectivity index (χ1v) is 8.64. The van der Waals surface area contributed by atoms with Crippen molar-refractivity contribution in [2.75, 3.05) is 6.61 Å². The van der Waals surface area contributed by atoms with E-state index in [1.807, 2.05) is 43.3 Å². The molecule has 0 fully saturated rings. The van der Waals surface area contributed by atoms with Crippen LogP contribution in [0.25, 0.3) is 11.0 Å². The van der Waals surface area contributed by atoms with Crippen LogP contribution in [0.15, 0.2) is 42.5 Å². The van der Waals surface area contributed by atoms with Gasteiger partial charge in [-0.3, -0.25) is 4.79 Å². The number of aromatic nitrogens is 2. The molecule has 0 bridgehead atoms. The first-order valence-electron chi connectivity index (χ1n) is 8.26. The Morgan fingerprint density at radius 3 is 3.04 bits per heavy atom. The number of halogens is 1.